The summed E-state index contributed by atoms with van der Waals surface area (Å²) in [5.74, 6) is 0. The Kier molecular flexibility index (Phi) is 2.39. The molecule has 0 amide bonds. The lowest BCUT2D eigenvalue weighted by atomic mass is 10.3. The molecule has 0 aliphatic rings. The molecule has 1 N–H and O–H groups in total. The molecule has 0 saturated heterocycles. The molecule has 0 saturated carbocycles. The highest BCUT2D eigenvalue weighted by molar-refractivity contribution is 9.10. The molecule has 10 heavy (non-hydrogen) atoms. The lowest BCUT2D eigenvalue weighted by molar-refractivity contribution is 0.322. The van der Waals surface area contributed by atoms with Crippen molar-refractivity contribution in [2.75, 3.05) is 0 Å². The van der Waals surface area contributed by atoms with Gasteiger partial charge in [-0.05, 0) is 28.1 Å². The van der Waals surface area contributed by atoms with Gasteiger partial charge in [-0.25, -0.2) is 4.98 Å². The summed E-state index contributed by atoms with van der Waals surface area (Å²) in [6.07, 6.45) is 2.92. The Hall–Kier alpha value is -0.900. The average molecular weight is 201 g/mol. The standard InChI is InChI=1S/C6H5BrN2O/c7-6-2-1-5(3-8-6)4-9-10/h1-4,10H/b9-4+. The summed E-state index contributed by atoms with van der Waals surface area (Å²) in [4.78, 5) is 3.91. The summed E-state index contributed by atoms with van der Waals surface area (Å²) in [5.41, 5.74) is 0.769. The summed E-state index contributed by atoms with van der Waals surface area (Å²) in [6, 6.07) is 3.56. The van der Waals surface area contributed by atoms with E-state index >= 15 is 0 Å². The molecular formula is C6H5BrN2O. The summed E-state index contributed by atoms with van der Waals surface area (Å²) >= 11 is 3.18. The maximum atomic E-state index is 8.12. The fraction of sp³-hybridized carbons (Fsp3) is 0. The van der Waals surface area contributed by atoms with Gasteiger partial charge in [0, 0.05) is 11.8 Å². The molecule has 1 rings (SSSR count). The van der Waals surface area contributed by atoms with Crippen molar-refractivity contribution in [2.45, 2.75) is 0 Å². The predicted octanol–water partition coefficient (Wildman–Crippen LogP) is 1.65. The number of aromatic nitrogens is 1. The van der Waals surface area contributed by atoms with E-state index in [0.29, 0.717) is 0 Å². The van der Waals surface area contributed by atoms with Gasteiger partial charge in [0.05, 0.1) is 6.21 Å². The van der Waals surface area contributed by atoms with Gasteiger partial charge >= 0.3 is 0 Å². The summed E-state index contributed by atoms with van der Waals surface area (Å²) < 4.78 is 0.766. The van der Waals surface area contributed by atoms with Crippen molar-refractivity contribution in [2.24, 2.45) is 5.16 Å². The monoisotopic (exact) mass is 200 g/mol. The van der Waals surface area contributed by atoms with E-state index in [9.17, 15) is 0 Å². The van der Waals surface area contributed by atoms with Crippen molar-refractivity contribution >= 4 is 22.1 Å². The maximum absolute atomic E-state index is 8.12. The first kappa shape index (κ1) is 7.21. The van der Waals surface area contributed by atoms with Crippen LogP contribution in [0.1, 0.15) is 5.56 Å². The highest BCUT2D eigenvalue weighted by Gasteiger charge is 1.87. The van der Waals surface area contributed by atoms with Crippen LogP contribution in [0.2, 0.25) is 0 Å². The van der Waals surface area contributed by atoms with Crippen molar-refractivity contribution in [1.29, 1.82) is 0 Å². The van der Waals surface area contributed by atoms with Gasteiger partial charge in [-0.1, -0.05) is 5.16 Å². The largest absolute Gasteiger partial charge is 0.411 e. The molecule has 0 unspecified atom stereocenters. The quantitative estimate of drug-likeness (QED) is 0.325. The van der Waals surface area contributed by atoms with E-state index in [4.69, 9.17) is 5.21 Å². The Morgan fingerprint density at radius 3 is 2.90 bits per heavy atom. The zero-order valence-corrected chi connectivity index (χ0v) is 6.62. The minimum Gasteiger partial charge on any atom is -0.411 e. The lowest BCUT2D eigenvalue weighted by Gasteiger charge is -1.89. The van der Waals surface area contributed by atoms with Crippen LogP contribution in [0.5, 0.6) is 0 Å². The molecule has 0 aromatic carbocycles. The fourth-order valence-electron chi connectivity index (χ4n) is 0.530. The Bertz CT molecular complexity index is 232. The minimum atomic E-state index is 0.766. The number of hydrogen-bond donors (Lipinski definition) is 1. The summed E-state index contributed by atoms with van der Waals surface area (Å²) in [5, 5.41) is 11.0. The smallest absolute Gasteiger partial charge is 0.106 e. The second-order valence-corrected chi connectivity index (χ2v) is 2.47. The minimum absolute atomic E-state index is 0.766. The molecule has 4 heteroatoms. The number of nitrogens with zero attached hydrogens (tertiary/aromatic N) is 2. The number of hydrogen-bond acceptors (Lipinski definition) is 3. The van der Waals surface area contributed by atoms with Gasteiger partial charge in [0.2, 0.25) is 0 Å². The first-order chi connectivity index (χ1) is 4.83. The number of rotatable bonds is 1. The SMILES string of the molecule is O/N=C/c1ccc(Br)nc1. The van der Waals surface area contributed by atoms with Crippen LogP contribution in [-0.2, 0) is 0 Å². The zero-order valence-electron chi connectivity index (χ0n) is 5.03. The maximum Gasteiger partial charge on any atom is 0.106 e. The Morgan fingerprint density at radius 1 is 1.60 bits per heavy atom. The van der Waals surface area contributed by atoms with Crippen LogP contribution >= 0.6 is 15.9 Å². The molecule has 1 aromatic heterocycles. The van der Waals surface area contributed by atoms with E-state index in [1.165, 1.54) is 6.21 Å². The molecule has 0 fully saturated rings. The molecule has 0 bridgehead atoms. The highest BCUT2D eigenvalue weighted by atomic mass is 79.9. The van der Waals surface area contributed by atoms with Gasteiger partial charge in [-0.15, -0.1) is 0 Å². The highest BCUT2D eigenvalue weighted by Crippen LogP contribution is 2.04. The Morgan fingerprint density at radius 2 is 2.40 bits per heavy atom. The van der Waals surface area contributed by atoms with Crippen molar-refractivity contribution in [1.82, 2.24) is 4.98 Å². The van der Waals surface area contributed by atoms with Gasteiger partial charge in [0.1, 0.15) is 4.60 Å². The van der Waals surface area contributed by atoms with Gasteiger partial charge in [0.15, 0.2) is 0 Å². The molecule has 0 aliphatic carbocycles. The molecule has 52 valence electrons. The van der Waals surface area contributed by atoms with E-state index in [1.807, 2.05) is 0 Å². The molecule has 3 nitrogen and oxygen atoms in total. The molecule has 0 atom stereocenters. The van der Waals surface area contributed by atoms with E-state index in [2.05, 4.69) is 26.1 Å². The molecule has 1 heterocycles. The topological polar surface area (TPSA) is 45.5 Å². The van der Waals surface area contributed by atoms with E-state index in [0.717, 1.165) is 10.2 Å². The average Bonchev–Trinajstić information content (AvgIpc) is 1.95. The van der Waals surface area contributed by atoms with Crippen molar-refractivity contribution in [3.05, 3.63) is 28.5 Å². The van der Waals surface area contributed by atoms with Crippen LogP contribution in [-0.4, -0.2) is 16.4 Å². The normalized spacial score (nSPS) is 10.5. The zero-order chi connectivity index (χ0) is 7.40. The van der Waals surface area contributed by atoms with Crippen LogP contribution in [0.15, 0.2) is 28.1 Å². The molecule has 1 aromatic rings. The van der Waals surface area contributed by atoms with Crippen molar-refractivity contribution < 1.29 is 5.21 Å². The molecule has 0 radical (unpaired) electrons. The molecular weight excluding hydrogens is 196 g/mol. The van der Waals surface area contributed by atoms with Crippen molar-refractivity contribution in [3.63, 3.8) is 0 Å². The second kappa shape index (κ2) is 3.31. The summed E-state index contributed by atoms with van der Waals surface area (Å²) in [6.45, 7) is 0. The van der Waals surface area contributed by atoms with Gasteiger partial charge < -0.3 is 5.21 Å². The number of halogens is 1. The first-order valence-corrected chi connectivity index (χ1v) is 3.41. The predicted molar refractivity (Wildman–Crippen MR) is 41.3 cm³/mol. The second-order valence-electron chi connectivity index (χ2n) is 1.66. The van der Waals surface area contributed by atoms with E-state index < -0.39 is 0 Å². The Labute approximate surface area is 66.5 Å². The third-order valence-corrected chi connectivity index (χ3v) is 1.43. The van der Waals surface area contributed by atoms with Crippen LogP contribution in [0.25, 0.3) is 0 Å². The van der Waals surface area contributed by atoms with Gasteiger partial charge in [-0.2, -0.15) is 0 Å². The van der Waals surface area contributed by atoms with Crippen molar-refractivity contribution in [3.8, 4) is 0 Å². The van der Waals surface area contributed by atoms with E-state index in [-0.39, 0.29) is 0 Å². The lowest BCUT2D eigenvalue weighted by Crippen LogP contribution is -1.82. The van der Waals surface area contributed by atoms with Crippen LogP contribution in [0, 0.1) is 0 Å². The number of oxime groups is 1. The van der Waals surface area contributed by atoms with Crippen LogP contribution in [0.3, 0.4) is 0 Å². The first-order valence-electron chi connectivity index (χ1n) is 2.62. The van der Waals surface area contributed by atoms with Gasteiger partial charge in [0.25, 0.3) is 0 Å². The Balaban J connectivity index is 2.89. The number of pyridine rings is 1. The molecule has 0 spiro atoms. The molecule has 0 aliphatic heterocycles. The van der Waals surface area contributed by atoms with E-state index in [1.54, 1.807) is 18.3 Å². The fourth-order valence-corrected chi connectivity index (χ4v) is 0.765. The van der Waals surface area contributed by atoms with Crippen LogP contribution in [0.4, 0.5) is 0 Å². The summed E-state index contributed by atoms with van der Waals surface area (Å²) in [7, 11) is 0. The third kappa shape index (κ3) is 1.80. The van der Waals surface area contributed by atoms with Gasteiger partial charge in [-0.3, -0.25) is 0 Å². The van der Waals surface area contributed by atoms with Crippen LogP contribution < -0.4 is 0 Å². The third-order valence-electron chi connectivity index (χ3n) is 0.957.